The van der Waals surface area contributed by atoms with E-state index in [0.29, 0.717) is 12.2 Å². The molecule has 2 aliphatic rings. The molecular weight excluding hydrogens is 368 g/mol. The molecule has 2 heterocycles. The van der Waals surface area contributed by atoms with Crippen molar-refractivity contribution in [2.75, 3.05) is 13.7 Å². The van der Waals surface area contributed by atoms with Crippen LogP contribution < -0.4 is 5.32 Å². The number of hydrogen-bond acceptors (Lipinski definition) is 7. The maximum absolute atomic E-state index is 12.8. The van der Waals surface area contributed by atoms with E-state index >= 15 is 0 Å². The summed E-state index contributed by atoms with van der Waals surface area (Å²) in [6.07, 6.45) is 3.30. The molecule has 1 aliphatic heterocycles. The van der Waals surface area contributed by atoms with Crippen molar-refractivity contribution in [2.24, 2.45) is 5.92 Å². The second-order valence-electron chi connectivity index (χ2n) is 7.27. The SMILES string of the molecule is COC(=O)c1cc(COC(=O)CN2C(=O)N[C@]3(CCCC[C@H]3C)C2=O)oc1C. The van der Waals surface area contributed by atoms with Crippen LogP contribution in [0.4, 0.5) is 4.79 Å². The number of urea groups is 1. The fourth-order valence-corrected chi connectivity index (χ4v) is 3.89. The second-order valence-corrected chi connectivity index (χ2v) is 7.27. The van der Waals surface area contributed by atoms with Crippen molar-refractivity contribution in [3.63, 3.8) is 0 Å². The van der Waals surface area contributed by atoms with Crippen molar-refractivity contribution in [1.82, 2.24) is 10.2 Å². The van der Waals surface area contributed by atoms with Gasteiger partial charge in [0.1, 0.15) is 35.8 Å². The lowest BCUT2D eigenvalue weighted by Crippen LogP contribution is -2.54. The lowest BCUT2D eigenvalue weighted by molar-refractivity contribution is -0.149. The summed E-state index contributed by atoms with van der Waals surface area (Å²) < 4.78 is 15.1. The zero-order valence-corrected chi connectivity index (χ0v) is 16.2. The highest BCUT2D eigenvalue weighted by Gasteiger charge is 2.55. The van der Waals surface area contributed by atoms with E-state index in [9.17, 15) is 19.2 Å². The number of nitrogens with zero attached hydrogens (tertiary/aromatic N) is 1. The average molecular weight is 392 g/mol. The van der Waals surface area contributed by atoms with Gasteiger partial charge in [0.05, 0.1) is 7.11 Å². The van der Waals surface area contributed by atoms with Gasteiger partial charge in [0.15, 0.2) is 0 Å². The Bertz CT molecular complexity index is 815. The minimum atomic E-state index is -0.914. The summed E-state index contributed by atoms with van der Waals surface area (Å²) in [6.45, 7) is 2.84. The summed E-state index contributed by atoms with van der Waals surface area (Å²) in [5.41, 5.74) is -0.667. The van der Waals surface area contributed by atoms with Gasteiger partial charge in [-0.15, -0.1) is 0 Å². The highest BCUT2D eigenvalue weighted by molar-refractivity contribution is 6.09. The molecule has 2 fully saturated rings. The molecule has 1 aliphatic carbocycles. The molecule has 0 aromatic carbocycles. The molecule has 152 valence electrons. The molecule has 1 saturated heterocycles. The Balaban J connectivity index is 1.60. The molecule has 0 radical (unpaired) electrons. The molecule has 1 spiro atoms. The molecule has 9 nitrogen and oxygen atoms in total. The maximum Gasteiger partial charge on any atom is 0.341 e. The molecule has 0 bridgehead atoms. The molecule has 2 atom stereocenters. The van der Waals surface area contributed by atoms with Crippen LogP contribution in [0.25, 0.3) is 0 Å². The Kier molecular flexibility index (Phi) is 5.44. The first-order valence-electron chi connectivity index (χ1n) is 9.26. The van der Waals surface area contributed by atoms with Crippen molar-refractivity contribution in [3.05, 3.63) is 23.2 Å². The zero-order chi connectivity index (χ0) is 20.5. The summed E-state index contributed by atoms with van der Waals surface area (Å²) in [5.74, 6) is -1.03. The van der Waals surface area contributed by atoms with Crippen LogP contribution in [-0.2, 0) is 25.7 Å². The molecule has 28 heavy (non-hydrogen) atoms. The van der Waals surface area contributed by atoms with Crippen LogP contribution in [0.1, 0.15) is 54.5 Å². The van der Waals surface area contributed by atoms with Crippen LogP contribution in [-0.4, -0.2) is 48.0 Å². The Morgan fingerprint density at radius 3 is 2.79 bits per heavy atom. The van der Waals surface area contributed by atoms with Crippen LogP contribution >= 0.6 is 0 Å². The van der Waals surface area contributed by atoms with Gasteiger partial charge in [-0.3, -0.25) is 14.5 Å². The van der Waals surface area contributed by atoms with E-state index in [1.54, 1.807) is 6.92 Å². The molecule has 0 unspecified atom stereocenters. The van der Waals surface area contributed by atoms with Crippen LogP contribution in [0, 0.1) is 12.8 Å². The highest BCUT2D eigenvalue weighted by atomic mass is 16.5. The van der Waals surface area contributed by atoms with Crippen LogP contribution in [0.5, 0.6) is 0 Å². The lowest BCUT2D eigenvalue weighted by Gasteiger charge is -2.36. The molecule has 1 aromatic rings. The van der Waals surface area contributed by atoms with Crippen molar-refractivity contribution < 1.29 is 33.1 Å². The predicted octanol–water partition coefficient (Wildman–Crippen LogP) is 1.92. The molecule has 3 rings (SSSR count). The predicted molar refractivity (Wildman–Crippen MR) is 95.2 cm³/mol. The third kappa shape index (κ3) is 3.48. The summed E-state index contributed by atoms with van der Waals surface area (Å²) in [6, 6.07) is 0.860. The first kappa shape index (κ1) is 19.9. The minimum absolute atomic E-state index is 0.0153. The van der Waals surface area contributed by atoms with Crippen molar-refractivity contribution in [3.8, 4) is 0 Å². The molecule has 1 aromatic heterocycles. The monoisotopic (exact) mass is 392 g/mol. The summed E-state index contributed by atoms with van der Waals surface area (Å²) in [7, 11) is 1.26. The lowest BCUT2D eigenvalue weighted by atomic mass is 9.73. The third-order valence-electron chi connectivity index (χ3n) is 5.54. The van der Waals surface area contributed by atoms with Gasteiger partial charge in [0.25, 0.3) is 5.91 Å². The van der Waals surface area contributed by atoms with Crippen molar-refractivity contribution in [2.45, 2.75) is 51.7 Å². The van der Waals surface area contributed by atoms with Crippen LogP contribution in [0.2, 0.25) is 0 Å². The van der Waals surface area contributed by atoms with E-state index in [1.807, 2.05) is 6.92 Å². The van der Waals surface area contributed by atoms with E-state index in [4.69, 9.17) is 9.15 Å². The third-order valence-corrected chi connectivity index (χ3v) is 5.54. The van der Waals surface area contributed by atoms with E-state index in [-0.39, 0.29) is 29.8 Å². The van der Waals surface area contributed by atoms with Gasteiger partial charge in [0, 0.05) is 0 Å². The molecular formula is C19H24N2O7. The van der Waals surface area contributed by atoms with Gasteiger partial charge < -0.3 is 19.2 Å². The highest BCUT2D eigenvalue weighted by Crippen LogP contribution is 2.38. The number of methoxy groups -OCH3 is 1. The number of carbonyl (C=O) groups is 4. The van der Waals surface area contributed by atoms with E-state index in [0.717, 1.165) is 24.2 Å². The van der Waals surface area contributed by atoms with Gasteiger partial charge in [-0.05, 0) is 31.7 Å². The number of furan rings is 1. The quantitative estimate of drug-likeness (QED) is 0.601. The number of esters is 2. The zero-order valence-electron chi connectivity index (χ0n) is 16.2. The summed E-state index contributed by atoms with van der Waals surface area (Å²) in [5, 5.41) is 2.79. The van der Waals surface area contributed by atoms with Crippen LogP contribution in [0.15, 0.2) is 10.5 Å². The van der Waals surface area contributed by atoms with Crippen LogP contribution in [0.3, 0.4) is 0 Å². The van der Waals surface area contributed by atoms with Gasteiger partial charge in [-0.25, -0.2) is 9.59 Å². The standard InChI is InChI=1S/C19H24N2O7/c1-11-6-4-5-7-19(11)17(24)21(18(25)20-19)9-15(22)27-10-13-8-14(12(2)28-13)16(23)26-3/h8,11H,4-7,9-10H2,1-3H3,(H,20,25)/t11-,19+/m1/s1. The Morgan fingerprint density at radius 2 is 2.11 bits per heavy atom. The number of rotatable bonds is 5. The number of hydrogen-bond donors (Lipinski definition) is 1. The van der Waals surface area contributed by atoms with Gasteiger partial charge >= 0.3 is 18.0 Å². The van der Waals surface area contributed by atoms with Crippen molar-refractivity contribution >= 4 is 23.9 Å². The second kappa shape index (κ2) is 7.65. The topological polar surface area (TPSA) is 115 Å². The summed E-state index contributed by atoms with van der Waals surface area (Å²) >= 11 is 0. The average Bonchev–Trinajstić information content (AvgIpc) is 3.15. The Hall–Kier alpha value is -2.84. The fourth-order valence-electron chi connectivity index (χ4n) is 3.89. The largest absolute Gasteiger partial charge is 0.465 e. The van der Waals surface area contributed by atoms with E-state index < -0.39 is 30.1 Å². The first-order chi connectivity index (χ1) is 13.3. The number of aryl methyl sites for hydroxylation is 1. The fraction of sp³-hybridized carbons (Fsp3) is 0.579. The van der Waals surface area contributed by atoms with Gasteiger partial charge in [-0.2, -0.15) is 0 Å². The smallest absolute Gasteiger partial charge is 0.341 e. The van der Waals surface area contributed by atoms with Crippen molar-refractivity contribution in [1.29, 1.82) is 0 Å². The maximum atomic E-state index is 12.8. The number of nitrogens with one attached hydrogen (secondary N) is 1. The Labute approximate surface area is 162 Å². The molecule has 3 amide bonds. The molecule has 9 heteroatoms. The van der Waals surface area contributed by atoms with Gasteiger partial charge in [0.2, 0.25) is 0 Å². The minimum Gasteiger partial charge on any atom is -0.465 e. The normalized spacial score (nSPS) is 24.4. The number of ether oxygens (including phenoxy) is 2. The van der Waals surface area contributed by atoms with Gasteiger partial charge in [-0.1, -0.05) is 19.8 Å². The Morgan fingerprint density at radius 1 is 1.36 bits per heavy atom. The molecule has 1 N–H and O–H groups in total. The molecule has 1 saturated carbocycles. The first-order valence-corrected chi connectivity index (χ1v) is 9.26. The number of carbonyl (C=O) groups excluding carboxylic acids is 4. The van der Waals surface area contributed by atoms with E-state index in [1.165, 1.54) is 13.2 Å². The summed E-state index contributed by atoms with van der Waals surface area (Å²) in [4.78, 5) is 49.8. The number of imide groups is 1. The van der Waals surface area contributed by atoms with E-state index in [2.05, 4.69) is 10.1 Å². The number of amides is 3.